The molecule has 134 valence electrons. The van der Waals surface area contributed by atoms with Gasteiger partial charge in [-0.25, -0.2) is 8.42 Å². The van der Waals surface area contributed by atoms with Gasteiger partial charge >= 0.3 is 6.18 Å². The van der Waals surface area contributed by atoms with Crippen molar-refractivity contribution in [3.05, 3.63) is 28.8 Å². The number of carbonyl (C=O) groups excluding carboxylic acids is 1. The van der Waals surface area contributed by atoms with Crippen molar-refractivity contribution in [1.29, 1.82) is 0 Å². The van der Waals surface area contributed by atoms with Crippen LogP contribution in [-0.4, -0.2) is 25.5 Å². The molecule has 1 aromatic rings. The van der Waals surface area contributed by atoms with Gasteiger partial charge in [0.1, 0.15) is 0 Å². The van der Waals surface area contributed by atoms with Gasteiger partial charge in [0.25, 0.3) is 5.91 Å². The summed E-state index contributed by atoms with van der Waals surface area (Å²) in [6.45, 7) is 4.19. The zero-order valence-electron chi connectivity index (χ0n) is 13.3. The molecule has 0 aromatic heterocycles. The number of hydrogen-bond acceptors (Lipinski definition) is 3. The number of carbonyl (C=O) groups is 1. The van der Waals surface area contributed by atoms with Crippen molar-refractivity contribution < 1.29 is 26.4 Å². The average Bonchev–Trinajstić information content (AvgIpc) is 2.43. The fraction of sp³-hybridized carbons (Fsp3) is 0.429. The molecule has 0 heterocycles. The Balaban J connectivity index is 3.74. The zero-order valence-corrected chi connectivity index (χ0v) is 14.1. The van der Waals surface area contributed by atoms with Crippen molar-refractivity contribution in [2.45, 2.75) is 43.5 Å². The molecule has 0 saturated heterocycles. The van der Waals surface area contributed by atoms with Crippen LogP contribution in [0.4, 0.5) is 13.2 Å². The monoisotopic (exact) mass is 365 g/mol. The predicted octanol–water partition coefficient (Wildman–Crippen LogP) is 2.00. The van der Waals surface area contributed by atoms with E-state index >= 15 is 0 Å². The van der Waals surface area contributed by atoms with E-state index in [1.54, 1.807) is 6.92 Å². The van der Waals surface area contributed by atoms with E-state index in [-0.39, 0.29) is 12.0 Å². The van der Waals surface area contributed by atoms with E-state index in [0.29, 0.717) is 6.07 Å². The minimum atomic E-state index is -4.96. The van der Waals surface area contributed by atoms with Gasteiger partial charge in [-0.05, 0) is 38.0 Å². The summed E-state index contributed by atoms with van der Waals surface area (Å²) in [5.41, 5.74) is 8.30. The van der Waals surface area contributed by atoms with Crippen molar-refractivity contribution >= 4 is 21.7 Å². The number of aliphatic imine (C=N–C) groups is 1. The summed E-state index contributed by atoms with van der Waals surface area (Å²) >= 11 is 0. The summed E-state index contributed by atoms with van der Waals surface area (Å²) in [4.78, 5) is 14.2. The lowest BCUT2D eigenvalue weighted by atomic mass is 10.0. The normalized spacial score (nSPS) is 13.4. The number of hydrogen-bond donors (Lipinski definition) is 2. The Morgan fingerprint density at radius 1 is 1.29 bits per heavy atom. The van der Waals surface area contributed by atoms with Crippen molar-refractivity contribution in [3.8, 4) is 0 Å². The molecule has 0 fully saturated rings. The summed E-state index contributed by atoms with van der Waals surface area (Å²) in [5.74, 6) is -1.69. The summed E-state index contributed by atoms with van der Waals surface area (Å²) in [6, 6.07) is 1.30. The fourth-order valence-electron chi connectivity index (χ4n) is 1.98. The summed E-state index contributed by atoms with van der Waals surface area (Å²) in [5, 5.41) is -1.00. The molecular weight excluding hydrogens is 347 g/mol. The second-order valence-electron chi connectivity index (χ2n) is 5.27. The van der Waals surface area contributed by atoms with E-state index in [1.165, 1.54) is 13.8 Å². The standard InChI is InChI=1S/C14H18F3N3O3S/c1-4-8(3)24(22,23)11-5-7(2)9(12(21)20-13(18)19)6-10(11)14(15,16)17/h5-6,8H,4H2,1-3H3,(H4,18,19,20,21). The molecule has 1 atom stereocenters. The van der Waals surface area contributed by atoms with Crippen LogP contribution in [0.3, 0.4) is 0 Å². The Morgan fingerprint density at radius 3 is 2.25 bits per heavy atom. The van der Waals surface area contributed by atoms with E-state index in [1.807, 2.05) is 0 Å². The smallest absolute Gasteiger partial charge is 0.370 e. The maximum Gasteiger partial charge on any atom is 0.417 e. The highest BCUT2D eigenvalue weighted by Gasteiger charge is 2.39. The summed E-state index contributed by atoms with van der Waals surface area (Å²) in [7, 11) is -4.21. The maximum absolute atomic E-state index is 13.3. The van der Waals surface area contributed by atoms with E-state index < -0.39 is 49.2 Å². The third-order valence-electron chi connectivity index (χ3n) is 3.50. The van der Waals surface area contributed by atoms with E-state index in [2.05, 4.69) is 4.99 Å². The summed E-state index contributed by atoms with van der Waals surface area (Å²) in [6.07, 6.45) is -4.82. The first-order valence-corrected chi connectivity index (χ1v) is 8.46. The second-order valence-corrected chi connectivity index (χ2v) is 7.60. The highest BCUT2D eigenvalue weighted by molar-refractivity contribution is 7.92. The van der Waals surface area contributed by atoms with Crippen molar-refractivity contribution in [2.24, 2.45) is 16.5 Å². The Hall–Kier alpha value is -2.10. The minimum Gasteiger partial charge on any atom is -0.370 e. The average molecular weight is 365 g/mol. The second kappa shape index (κ2) is 6.80. The highest BCUT2D eigenvalue weighted by Crippen LogP contribution is 2.37. The molecule has 1 unspecified atom stereocenters. The van der Waals surface area contributed by atoms with Gasteiger partial charge < -0.3 is 11.5 Å². The minimum absolute atomic E-state index is 0.0277. The first kappa shape index (κ1) is 19.9. The molecule has 10 heteroatoms. The molecule has 1 rings (SSSR count). The molecule has 0 spiro atoms. The lowest BCUT2D eigenvalue weighted by molar-refractivity contribution is -0.139. The molecule has 0 saturated carbocycles. The molecule has 4 N–H and O–H groups in total. The van der Waals surface area contributed by atoms with Crippen LogP contribution in [0, 0.1) is 6.92 Å². The van der Waals surface area contributed by atoms with Crippen molar-refractivity contribution in [3.63, 3.8) is 0 Å². The molecule has 0 aliphatic heterocycles. The van der Waals surface area contributed by atoms with Crippen LogP contribution in [0.15, 0.2) is 22.0 Å². The Bertz CT molecular complexity index is 782. The largest absolute Gasteiger partial charge is 0.417 e. The van der Waals surface area contributed by atoms with Crippen LogP contribution in [0.1, 0.15) is 41.8 Å². The van der Waals surface area contributed by atoms with E-state index in [0.717, 1.165) is 6.07 Å². The number of guanidine groups is 1. The molecule has 0 radical (unpaired) electrons. The van der Waals surface area contributed by atoms with Crippen molar-refractivity contribution in [1.82, 2.24) is 0 Å². The highest BCUT2D eigenvalue weighted by atomic mass is 32.2. The Morgan fingerprint density at radius 2 is 1.83 bits per heavy atom. The molecule has 1 aromatic carbocycles. The number of halogens is 3. The molecule has 0 aliphatic carbocycles. The van der Waals surface area contributed by atoms with Crippen LogP contribution in [0.2, 0.25) is 0 Å². The van der Waals surface area contributed by atoms with Crippen LogP contribution >= 0.6 is 0 Å². The van der Waals surface area contributed by atoms with E-state index in [4.69, 9.17) is 11.5 Å². The first-order chi connectivity index (χ1) is 10.8. The number of rotatable bonds is 4. The zero-order chi connectivity index (χ0) is 18.9. The summed E-state index contributed by atoms with van der Waals surface area (Å²) < 4.78 is 64.7. The van der Waals surface area contributed by atoms with Crippen LogP contribution < -0.4 is 11.5 Å². The first-order valence-electron chi connectivity index (χ1n) is 6.92. The molecule has 1 amide bonds. The van der Waals surface area contributed by atoms with Gasteiger partial charge in [-0.1, -0.05) is 6.92 Å². The molecule has 24 heavy (non-hydrogen) atoms. The quantitative estimate of drug-likeness (QED) is 0.625. The third-order valence-corrected chi connectivity index (χ3v) is 5.85. The lowest BCUT2D eigenvalue weighted by Gasteiger charge is -2.18. The van der Waals surface area contributed by atoms with Gasteiger partial charge in [0, 0.05) is 5.56 Å². The Kier molecular flexibility index (Phi) is 5.65. The van der Waals surface area contributed by atoms with Gasteiger partial charge in [0.2, 0.25) is 0 Å². The van der Waals surface area contributed by atoms with Gasteiger partial charge in [0.05, 0.1) is 15.7 Å². The SMILES string of the molecule is CCC(C)S(=O)(=O)c1cc(C)c(C(=O)N=C(N)N)cc1C(F)(F)F. The molecular formula is C14H18F3N3O3S. The number of alkyl halides is 3. The predicted molar refractivity (Wildman–Crippen MR) is 83.3 cm³/mol. The molecule has 0 aliphatic rings. The number of amides is 1. The number of aryl methyl sites for hydroxylation is 1. The Labute approximate surface area is 137 Å². The number of nitrogens with two attached hydrogens (primary N) is 2. The maximum atomic E-state index is 13.3. The lowest BCUT2D eigenvalue weighted by Crippen LogP contribution is -2.25. The molecule has 0 bridgehead atoms. The topological polar surface area (TPSA) is 116 Å². The van der Waals surface area contributed by atoms with Crippen LogP contribution in [-0.2, 0) is 16.0 Å². The van der Waals surface area contributed by atoms with Crippen LogP contribution in [0.5, 0.6) is 0 Å². The van der Waals surface area contributed by atoms with Gasteiger partial charge in [-0.2, -0.15) is 18.2 Å². The van der Waals surface area contributed by atoms with Crippen molar-refractivity contribution in [2.75, 3.05) is 0 Å². The van der Waals surface area contributed by atoms with Gasteiger partial charge in [0.15, 0.2) is 15.8 Å². The number of sulfone groups is 1. The van der Waals surface area contributed by atoms with Crippen LogP contribution in [0.25, 0.3) is 0 Å². The number of nitrogens with zero attached hydrogens (tertiary/aromatic N) is 1. The third kappa shape index (κ3) is 4.05. The number of benzene rings is 1. The van der Waals surface area contributed by atoms with Gasteiger partial charge in [-0.15, -0.1) is 0 Å². The van der Waals surface area contributed by atoms with Gasteiger partial charge in [-0.3, -0.25) is 4.79 Å². The van der Waals surface area contributed by atoms with E-state index in [9.17, 15) is 26.4 Å². The fourth-order valence-corrected chi connectivity index (χ4v) is 3.68. The molecule has 6 nitrogen and oxygen atoms in total.